The Kier molecular flexibility index (Phi) is 1.31. The maximum absolute atomic E-state index is 5.45. The van der Waals surface area contributed by atoms with Crippen LogP contribution in [0.4, 0.5) is 0 Å². The van der Waals surface area contributed by atoms with Gasteiger partial charge in [0.15, 0.2) is 5.96 Å². The SMILES string of the molecule is CC1(C)C=C(N)N=C(N)N1. The topological polar surface area (TPSA) is 76.4 Å². The highest BCUT2D eigenvalue weighted by Gasteiger charge is 2.18. The number of nitrogens with one attached hydrogen (secondary N) is 1. The molecule has 1 rings (SSSR count). The predicted octanol–water partition coefficient (Wildman–Crippen LogP) is -0.517. The van der Waals surface area contributed by atoms with Crippen LogP contribution in [0.1, 0.15) is 13.8 Å². The largest absolute Gasteiger partial charge is 0.384 e. The number of nitrogens with two attached hydrogens (primary N) is 2. The fraction of sp³-hybridized carbons (Fsp3) is 0.500. The third kappa shape index (κ3) is 1.40. The minimum Gasteiger partial charge on any atom is -0.384 e. The van der Waals surface area contributed by atoms with Crippen molar-refractivity contribution in [2.24, 2.45) is 16.5 Å². The molecule has 0 aromatic heterocycles. The van der Waals surface area contributed by atoms with E-state index in [-0.39, 0.29) is 5.54 Å². The quantitative estimate of drug-likeness (QED) is 0.424. The highest BCUT2D eigenvalue weighted by atomic mass is 15.2. The minimum atomic E-state index is -0.171. The van der Waals surface area contributed by atoms with Gasteiger partial charge in [-0.15, -0.1) is 0 Å². The van der Waals surface area contributed by atoms with Crippen molar-refractivity contribution in [1.29, 1.82) is 0 Å². The van der Waals surface area contributed by atoms with Crippen molar-refractivity contribution < 1.29 is 0 Å². The first-order valence-electron chi connectivity index (χ1n) is 3.10. The average Bonchev–Trinajstić information content (AvgIpc) is 1.54. The van der Waals surface area contributed by atoms with E-state index >= 15 is 0 Å². The summed E-state index contributed by atoms with van der Waals surface area (Å²) in [6.45, 7) is 3.95. The lowest BCUT2D eigenvalue weighted by Crippen LogP contribution is -2.48. The molecular weight excluding hydrogens is 128 g/mol. The summed E-state index contributed by atoms with van der Waals surface area (Å²) in [4.78, 5) is 3.80. The highest BCUT2D eigenvalue weighted by Crippen LogP contribution is 2.09. The Balaban J connectivity index is 2.88. The lowest BCUT2D eigenvalue weighted by molar-refractivity contribution is 0.558. The van der Waals surface area contributed by atoms with Crippen LogP contribution in [-0.4, -0.2) is 11.5 Å². The molecule has 0 aromatic carbocycles. The molecular formula is C6H12N4. The molecule has 0 aliphatic carbocycles. The van der Waals surface area contributed by atoms with Crippen LogP contribution in [0.3, 0.4) is 0 Å². The predicted molar refractivity (Wildman–Crippen MR) is 41.1 cm³/mol. The zero-order valence-electron chi connectivity index (χ0n) is 6.18. The van der Waals surface area contributed by atoms with Crippen LogP contribution in [-0.2, 0) is 0 Å². The molecule has 5 N–H and O–H groups in total. The van der Waals surface area contributed by atoms with Crippen molar-refractivity contribution in [2.45, 2.75) is 19.4 Å². The summed E-state index contributed by atoms with van der Waals surface area (Å²) in [5.74, 6) is 0.853. The molecule has 1 aliphatic heterocycles. The van der Waals surface area contributed by atoms with E-state index in [4.69, 9.17) is 11.5 Å². The Bertz CT molecular complexity index is 202. The van der Waals surface area contributed by atoms with Gasteiger partial charge in [0.05, 0.1) is 5.54 Å². The van der Waals surface area contributed by atoms with Crippen LogP contribution in [0.5, 0.6) is 0 Å². The number of aliphatic imine (C=N–C) groups is 1. The molecule has 0 fully saturated rings. The van der Waals surface area contributed by atoms with Gasteiger partial charge in [-0.2, -0.15) is 4.99 Å². The van der Waals surface area contributed by atoms with Gasteiger partial charge in [0.1, 0.15) is 5.82 Å². The third-order valence-corrected chi connectivity index (χ3v) is 1.21. The van der Waals surface area contributed by atoms with Crippen molar-refractivity contribution in [3.05, 3.63) is 11.9 Å². The summed E-state index contributed by atoms with van der Waals surface area (Å²) in [6, 6.07) is 0. The van der Waals surface area contributed by atoms with E-state index in [0.717, 1.165) is 0 Å². The monoisotopic (exact) mass is 140 g/mol. The van der Waals surface area contributed by atoms with Crippen LogP contribution in [0, 0.1) is 0 Å². The van der Waals surface area contributed by atoms with Gasteiger partial charge in [-0.25, -0.2) is 0 Å². The van der Waals surface area contributed by atoms with E-state index in [2.05, 4.69) is 10.3 Å². The summed E-state index contributed by atoms with van der Waals surface area (Å²) in [5.41, 5.74) is 10.7. The van der Waals surface area contributed by atoms with Gasteiger partial charge < -0.3 is 16.8 Å². The maximum atomic E-state index is 5.45. The van der Waals surface area contributed by atoms with Crippen molar-refractivity contribution in [3.8, 4) is 0 Å². The molecule has 0 bridgehead atoms. The Morgan fingerprint density at radius 2 is 2.10 bits per heavy atom. The second-order valence-corrected chi connectivity index (χ2v) is 2.91. The number of guanidine groups is 1. The lowest BCUT2D eigenvalue weighted by atomic mass is 10.1. The molecule has 10 heavy (non-hydrogen) atoms. The normalized spacial score (nSPS) is 22.6. The van der Waals surface area contributed by atoms with Gasteiger partial charge in [-0.1, -0.05) is 0 Å². The van der Waals surface area contributed by atoms with Gasteiger partial charge in [0.25, 0.3) is 0 Å². The van der Waals surface area contributed by atoms with Gasteiger partial charge in [-0.3, -0.25) is 0 Å². The molecule has 4 nitrogen and oxygen atoms in total. The Hall–Kier alpha value is -1.19. The average molecular weight is 140 g/mol. The molecule has 0 saturated heterocycles. The number of hydrogen-bond acceptors (Lipinski definition) is 4. The van der Waals surface area contributed by atoms with Gasteiger partial charge >= 0.3 is 0 Å². The second-order valence-electron chi connectivity index (χ2n) is 2.91. The van der Waals surface area contributed by atoms with Crippen molar-refractivity contribution in [2.75, 3.05) is 0 Å². The lowest BCUT2D eigenvalue weighted by Gasteiger charge is -2.26. The van der Waals surface area contributed by atoms with Gasteiger partial charge in [0, 0.05) is 0 Å². The fourth-order valence-corrected chi connectivity index (χ4v) is 0.935. The van der Waals surface area contributed by atoms with E-state index in [1.807, 2.05) is 19.9 Å². The number of hydrogen-bond donors (Lipinski definition) is 3. The highest BCUT2D eigenvalue weighted by molar-refractivity contribution is 5.80. The zero-order chi connectivity index (χ0) is 7.78. The van der Waals surface area contributed by atoms with E-state index in [0.29, 0.717) is 11.8 Å². The fourth-order valence-electron chi connectivity index (χ4n) is 0.935. The van der Waals surface area contributed by atoms with Crippen LogP contribution in [0.25, 0.3) is 0 Å². The molecule has 0 radical (unpaired) electrons. The molecule has 0 amide bonds. The smallest absolute Gasteiger partial charge is 0.195 e. The molecule has 0 saturated carbocycles. The van der Waals surface area contributed by atoms with Crippen LogP contribution in [0.2, 0.25) is 0 Å². The summed E-state index contributed by atoms with van der Waals surface area (Å²) in [6.07, 6.45) is 1.82. The molecule has 0 atom stereocenters. The third-order valence-electron chi connectivity index (χ3n) is 1.21. The Morgan fingerprint density at radius 3 is 2.50 bits per heavy atom. The molecule has 1 heterocycles. The Morgan fingerprint density at radius 1 is 1.50 bits per heavy atom. The number of nitrogens with zero attached hydrogens (tertiary/aromatic N) is 1. The molecule has 0 spiro atoms. The van der Waals surface area contributed by atoms with Crippen LogP contribution in [0.15, 0.2) is 16.9 Å². The van der Waals surface area contributed by atoms with Gasteiger partial charge in [0.2, 0.25) is 0 Å². The van der Waals surface area contributed by atoms with E-state index in [9.17, 15) is 0 Å². The summed E-state index contributed by atoms with van der Waals surface area (Å²) >= 11 is 0. The summed E-state index contributed by atoms with van der Waals surface area (Å²) in [5, 5.41) is 2.96. The summed E-state index contributed by atoms with van der Waals surface area (Å²) < 4.78 is 0. The van der Waals surface area contributed by atoms with Crippen LogP contribution >= 0.6 is 0 Å². The Labute approximate surface area is 60.0 Å². The van der Waals surface area contributed by atoms with Gasteiger partial charge in [-0.05, 0) is 19.9 Å². The van der Waals surface area contributed by atoms with E-state index in [1.165, 1.54) is 0 Å². The van der Waals surface area contributed by atoms with Crippen molar-refractivity contribution in [3.63, 3.8) is 0 Å². The molecule has 56 valence electrons. The van der Waals surface area contributed by atoms with Crippen LogP contribution < -0.4 is 16.8 Å². The zero-order valence-corrected chi connectivity index (χ0v) is 6.18. The molecule has 0 aromatic rings. The first kappa shape index (κ1) is 6.92. The maximum Gasteiger partial charge on any atom is 0.195 e. The molecule has 4 heteroatoms. The van der Waals surface area contributed by atoms with E-state index in [1.54, 1.807) is 0 Å². The minimum absolute atomic E-state index is 0.171. The first-order valence-corrected chi connectivity index (χ1v) is 3.10. The second kappa shape index (κ2) is 1.90. The van der Waals surface area contributed by atoms with E-state index < -0.39 is 0 Å². The molecule has 1 aliphatic rings. The van der Waals surface area contributed by atoms with Crippen molar-refractivity contribution in [1.82, 2.24) is 5.32 Å². The van der Waals surface area contributed by atoms with Crippen molar-refractivity contribution >= 4 is 5.96 Å². The first-order chi connectivity index (χ1) is 4.49. The summed E-state index contributed by atoms with van der Waals surface area (Å²) in [7, 11) is 0. The number of rotatable bonds is 0. The molecule has 0 unspecified atom stereocenters. The standard InChI is InChI=1S/C6H12N4/c1-6(2)3-4(7)9-5(8)10-6/h3H,7H2,1-2H3,(H3,8,9,10).